The van der Waals surface area contributed by atoms with Crippen LogP contribution in [0.25, 0.3) is 22.5 Å². The Morgan fingerprint density at radius 2 is 2.06 bits per heavy atom. The van der Waals surface area contributed by atoms with Crippen molar-refractivity contribution in [3.8, 4) is 11.5 Å². The first kappa shape index (κ1) is 23.4. The van der Waals surface area contributed by atoms with E-state index in [0.717, 1.165) is 0 Å². The molecule has 0 atom stereocenters. The van der Waals surface area contributed by atoms with Gasteiger partial charge in [-0.05, 0) is 44.2 Å². The molecule has 0 radical (unpaired) electrons. The standard InChI is InChI=1S/C24H22ClFN4O4/c1-14(2)30-23-16(11-27-30)15(10-20(28-23)21-8-5-9-33-21)24(32)34-13-22(31)29(3)12-17-18(25)6-4-7-19(17)26/h4-11,14H,12-13H2,1-3H3. The Bertz CT molecular complexity index is 1330. The summed E-state index contributed by atoms with van der Waals surface area (Å²) in [4.78, 5) is 31.4. The van der Waals surface area contributed by atoms with Gasteiger partial charge in [0.1, 0.15) is 11.5 Å². The van der Waals surface area contributed by atoms with E-state index in [1.165, 1.54) is 30.3 Å². The molecule has 10 heteroatoms. The van der Waals surface area contributed by atoms with Crippen LogP contribution in [0.3, 0.4) is 0 Å². The Morgan fingerprint density at radius 3 is 2.74 bits per heavy atom. The maximum atomic E-state index is 14.0. The molecule has 0 saturated heterocycles. The lowest BCUT2D eigenvalue weighted by Gasteiger charge is -2.18. The second-order valence-electron chi connectivity index (χ2n) is 7.98. The van der Waals surface area contributed by atoms with E-state index in [0.29, 0.717) is 22.5 Å². The molecule has 0 N–H and O–H groups in total. The molecule has 0 aliphatic heterocycles. The number of carbonyl (C=O) groups is 2. The topological polar surface area (TPSA) is 90.5 Å². The number of esters is 1. The van der Waals surface area contributed by atoms with Crippen molar-refractivity contribution in [3.05, 3.63) is 70.8 Å². The summed E-state index contributed by atoms with van der Waals surface area (Å²) in [7, 11) is 1.48. The van der Waals surface area contributed by atoms with Crippen LogP contribution in [0.4, 0.5) is 4.39 Å². The fraction of sp³-hybridized carbons (Fsp3) is 0.250. The lowest BCUT2D eigenvalue weighted by atomic mass is 10.1. The van der Waals surface area contributed by atoms with Gasteiger partial charge in [0.25, 0.3) is 5.91 Å². The molecule has 0 bridgehead atoms. The summed E-state index contributed by atoms with van der Waals surface area (Å²) < 4.78 is 26.5. The summed E-state index contributed by atoms with van der Waals surface area (Å²) in [5, 5.41) is 5.04. The summed E-state index contributed by atoms with van der Waals surface area (Å²) in [5.41, 5.74) is 1.32. The number of nitrogens with zero attached hydrogens (tertiary/aromatic N) is 4. The molecule has 1 aromatic carbocycles. The second-order valence-corrected chi connectivity index (χ2v) is 8.39. The van der Waals surface area contributed by atoms with E-state index in [9.17, 15) is 14.0 Å². The number of halogens is 2. The maximum absolute atomic E-state index is 14.0. The van der Waals surface area contributed by atoms with Gasteiger partial charge in [0, 0.05) is 30.2 Å². The Labute approximate surface area is 199 Å². The van der Waals surface area contributed by atoms with Crippen molar-refractivity contribution in [2.24, 2.45) is 0 Å². The number of benzene rings is 1. The van der Waals surface area contributed by atoms with E-state index in [4.69, 9.17) is 20.8 Å². The van der Waals surface area contributed by atoms with E-state index in [-0.39, 0.29) is 28.7 Å². The number of fused-ring (bicyclic) bond motifs is 1. The van der Waals surface area contributed by atoms with Crippen LogP contribution in [0.1, 0.15) is 35.8 Å². The SMILES string of the molecule is CC(C)n1ncc2c(C(=O)OCC(=O)N(C)Cc3c(F)cccc3Cl)cc(-c3ccco3)nc21. The molecule has 3 aromatic heterocycles. The number of carbonyl (C=O) groups excluding carboxylic acids is 2. The van der Waals surface area contributed by atoms with Crippen LogP contribution in [-0.2, 0) is 16.1 Å². The molecule has 0 aliphatic rings. The summed E-state index contributed by atoms with van der Waals surface area (Å²) >= 11 is 6.04. The van der Waals surface area contributed by atoms with Gasteiger partial charge in [0.15, 0.2) is 18.0 Å². The normalized spacial score (nSPS) is 11.2. The van der Waals surface area contributed by atoms with Gasteiger partial charge in [0.2, 0.25) is 0 Å². The zero-order valence-electron chi connectivity index (χ0n) is 18.8. The second kappa shape index (κ2) is 9.64. The number of furan rings is 1. The highest BCUT2D eigenvalue weighted by molar-refractivity contribution is 6.31. The van der Waals surface area contributed by atoms with Crippen molar-refractivity contribution >= 4 is 34.5 Å². The van der Waals surface area contributed by atoms with Crippen molar-refractivity contribution in [1.82, 2.24) is 19.7 Å². The molecule has 0 saturated carbocycles. The van der Waals surface area contributed by atoms with Crippen molar-refractivity contribution in [2.75, 3.05) is 13.7 Å². The van der Waals surface area contributed by atoms with Gasteiger partial charge < -0.3 is 14.1 Å². The minimum atomic E-state index is -0.714. The first-order valence-electron chi connectivity index (χ1n) is 10.5. The monoisotopic (exact) mass is 484 g/mol. The minimum Gasteiger partial charge on any atom is -0.463 e. The molecule has 4 rings (SSSR count). The predicted molar refractivity (Wildman–Crippen MR) is 124 cm³/mol. The number of amides is 1. The van der Waals surface area contributed by atoms with Crippen molar-refractivity contribution in [1.29, 1.82) is 0 Å². The van der Waals surface area contributed by atoms with Crippen LogP contribution in [-0.4, -0.2) is 45.2 Å². The van der Waals surface area contributed by atoms with Crippen LogP contribution < -0.4 is 0 Å². The first-order chi connectivity index (χ1) is 16.3. The molecular formula is C24H22ClFN4O4. The molecule has 34 heavy (non-hydrogen) atoms. The molecule has 3 heterocycles. The Morgan fingerprint density at radius 1 is 1.26 bits per heavy atom. The highest BCUT2D eigenvalue weighted by atomic mass is 35.5. The minimum absolute atomic E-state index is 0.00107. The zero-order chi connectivity index (χ0) is 24.4. The number of ether oxygens (including phenoxy) is 1. The average molecular weight is 485 g/mol. The lowest BCUT2D eigenvalue weighted by molar-refractivity contribution is -0.133. The number of hydrogen-bond donors (Lipinski definition) is 0. The number of rotatable bonds is 7. The fourth-order valence-corrected chi connectivity index (χ4v) is 3.66. The summed E-state index contributed by atoms with van der Waals surface area (Å²) in [6, 6.07) is 9.28. The molecule has 4 aromatic rings. The van der Waals surface area contributed by atoms with E-state index < -0.39 is 24.3 Å². The van der Waals surface area contributed by atoms with Gasteiger partial charge in [-0.15, -0.1) is 0 Å². The van der Waals surface area contributed by atoms with Gasteiger partial charge in [-0.25, -0.2) is 18.9 Å². The smallest absolute Gasteiger partial charge is 0.339 e. The van der Waals surface area contributed by atoms with Crippen molar-refractivity contribution in [3.63, 3.8) is 0 Å². The van der Waals surface area contributed by atoms with Gasteiger partial charge in [0.05, 0.1) is 23.4 Å². The summed E-state index contributed by atoms with van der Waals surface area (Å²) in [5.74, 6) is -1.27. The van der Waals surface area contributed by atoms with E-state index in [1.807, 2.05) is 13.8 Å². The number of aromatic nitrogens is 3. The quantitative estimate of drug-likeness (QED) is 0.347. The van der Waals surface area contributed by atoms with Crippen molar-refractivity contribution in [2.45, 2.75) is 26.4 Å². The molecule has 176 valence electrons. The van der Waals surface area contributed by atoms with Crippen LogP contribution in [0.5, 0.6) is 0 Å². The van der Waals surface area contributed by atoms with Gasteiger partial charge in [-0.1, -0.05) is 17.7 Å². The maximum Gasteiger partial charge on any atom is 0.339 e. The summed E-state index contributed by atoms with van der Waals surface area (Å²) in [6.07, 6.45) is 3.05. The highest BCUT2D eigenvalue weighted by Gasteiger charge is 2.22. The van der Waals surface area contributed by atoms with Crippen LogP contribution >= 0.6 is 11.6 Å². The van der Waals surface area contributed by atoms with Crippen LogP contribution in [0.15, 0.2) is 53.3 Å². The average Bonchev–Trinajstić information content (AvgIpc) is 3.49. The molecular weight excluding hydrogens is 463 g/mol. The van der Waals surface area contributed by atoms with Crippen molar-refractivity contribution < 1.29 is 23.1 Å². The zero-order valence-corrected chi connectivity index (χ0v) is 19.5. The third-order valence-electron chi connectivity index (χ3n) is 5.26. The van der Waals surface area contributed by atoms with E-state index in [2.05, 4.69) is 10.1 Å². The molecule has 1 amide bonds. The highest BCUT2D eigenvalue weighted by Crippen LogP contribution is 2.27. The predicted octanol–water partition coefficient (Wildman–Crippen LogP) is 4.88. The number of pyridine rings is 1. The van der Waals surface area contributed by atoms with Crippen LogP contribution in [0, 0.1) is 5.82 Å². The lowest BCUT2D eigenvalue weighted by Crippen LogP contribution is -2.31. The number of likely N-dealkylation sites (N-methyl/N-ethyl adjacent to an activating group) is 1. The first-order valence-corrected chi connectivity index (χ1v) is 10.9. The Kier molecular flexibility index (Phi) is 6.65. The molecule has 0 aliphatic carbocycles. The van der Waals surface area contributed by atoms with E-state index >= 15 is 0 Å². The third kappa shape index (κ3) is 4.65. The van der Waals surface area contributed by atoms with E-state index in [1.54, 1.807) is 35.1 Å². The number of hydrogen-bond acceptors (Lipinski definition) is 6. The molecule has 0 fully saturated rings. The largest absolute Gasteiger partial charge is 0.463 e. The fourth-order valence-electron chi connectivity index (χ4n) is 3.44. The Hall–Kier alpha value is -3.72. The van der Waals surface area contributed by atoms with Gasteiger partial charge >= 0.3 is 5.97 Å². The summed E-state index contributed by atoms with van der Waals surface area (Å²) in [6.45, 7) is 3.30. The van der Waals surface area contributed by atoms with Gasteiger partial charge in [-0.3, -0.25) is 4.79 Å². The van der Waals surface area contributed by atoms with Crippen LogP contribution in [0.2, 0.25) is 5.02 Å². The third-order valence-corrected chi connectivity index (χ3v) is 5.61. The molecule has 0 unspecified atom stereocenters. The molecule has 8 nitrogen and oxygen atoms in total. The Balaban J connectivity index is 1.55. The molecule has 0 spiro atoms. The van der Waals surface area contributed by atoms with Gasteiger partial charge in [-0.2, -0.15) is 5.10 Å².